The highest BCUT2D eigenvalue weighted by atomic mass is 15.2. The predicted octanol–water partition coefficient (Wildman–Crippen LogP) is 11.9. The number of aromatic nitrogens is 2. The van der Waals surface area contributed by atoms with E-state index in [1.165, 1.54) is 88.2 Å². The molecule has 2 saturated carbocycles. The first-order valence-corrected chi connectivity index (χ1v) is 18.7. The Morgan fingerprint density at radius 1 is 0.826 bits per heavy atom. The van der Waals surface area contributed by atoms with Gasteiger partial charge >= 0.3 is 0 Å². The van der Waals surface area contributed by atoms with Crippen LogP contribution < -0.4 is 4.57 Å². The Hall–Kier alpha value is -3.13. The summed E-state index contributed by atoms with van der Waals surface area (Å²) in [6.45, 7) is 21.8. The van der Waals surface area contributed by atoms with Crippen molar-refractivity contribution in [3.05, 3.63) is 82.0 Å². The number of fused-ring (bicyclic) bond motifs is 3. The van der Waals surface area contributed by atoms with E-state index in [1.807, 2.05) is 0 Å². The van der Waals surface area contributed by atoms with Crippen molar-refractivity contribution >= 4 is 27.3 Å². The summed E-state index contributed by atoms with van der Waals surface area (Å²) in [6.07, 6.45) is 12.7. The molecule has 240 valence electrons. The number of imidazole rings is 1. The zero-order valence-corrected chi connectivity index (χ0v) is 30.0. The van der Waals surface area contributed by atoms with E-state index >= 15 is 0 Å². The van der Waals surface area contributed by atoms with E-state index in [0.717, 1.165) is 18.8 Å². The van der Waals surface area contributed by atoms with Crippen molar-refractivity contribution in [2.45, 2.75) is 142 Å². The van der Waals surface area contributed by atoms with Gasteiger partial charge in [-0.15, -0.1) is 0 Å². The Labute approximate surface area is 277 Å². The van der Waals surface area contributed by atoms with Crippen molar-refractivity contribution in [3.8, 4) is 11.3 Å². The third-order valence-electron chi connectivity index (χ3n) is 13.9. The zero-order chi connectivity index (χ0) is 32.3. The maximum absolute atomic E-state index is 2.77. The maximum atomic E-state index is 2.77. The van der Waals surface area contributed by atoms with Gasteiger partial charge in [0.25, 0.3) is 5.65 Å². The predicted molar refractivity (Wildman–Crippen MR) is 196 cm³/mol. The van der Waals surface area contributed by atoms with Gasteiger partial charge < -0.3 is 0 Å². The van der Waals surface area contributed by atoms with Gasteiger partial charge in [0.1, 0.15) is 17.3 Å². The monoisotopic (exact) mass is 611 g/mol. The SMILES string of the molecule is CCC(CC)C(C)c1cc(C2CC2)c(-c2c[n+]3c4c5c(cccc5c5cc(C)c(C)cc5n24)C(C)(CC)C3(C)CC)c(C2CC2)c1. The molecule has 0 N–H and O–H groups in total. The van der Waals surface area contributed by atoms with Gasteiger partial charge in [-0.2, -0.15) is 4.40 Å². The molecule has 3 aliphatic rings. The van der Waals surface area contributed by atoms with Crippen molar-refractivity contribution in [1.29, 1.82) is 0 Å². The third-order valence-corrected chi connectivity index (χ3v) is 13.9. The summed E-state index contributed by atoms with van der Waals surface area (Å²) in [6, 6.07) is 17.5. The van der Waals surface area contributed by atoms with E-state index < -0.39 is 0 Å². The van der Waals surface area contributed by atoms with Crippen LogP contribution in [0.2, 0.25) is 0 Å². The number of benzene rings is 3. The summed E-state index contributed by atoms with van der Waals surface area (Å²) in [5.74, 6) is 2.72. The fourth-order valence-corrected chi connectivity index (χ4v) is 9.83. The highest BCUT2D eigenvalue weighted by Crippen LogP contribution is 2.55. The third kappa shape index (κ3) is 3.97. The molecule has 1 aliphatic heterocycles. The molecule has 2 nitrogen and oxygen atoms in total. The maximum Gasteiger partial charge on any atom is 0.296 e. The van der Waals surface area contributed by atoms with Crippen LogP contribution in [0.15, 0.2) is 48.7 Å². The van der Waals surface area contributed by atoms with Crippen LogP contribution in [0.4, 0.5) is 0 Å². The summed E-state index contributed by atoms with van der Waals surface area (Å²) in [4.78, 5) is 0. The van der Waals surface area contributed by atoms with E-state index in [2.05, 4.69) is 120 Å². The zero-order valence-electron chi connectivity index (χ0n) is 30.0. The van der Waals surface area contributed by atoms with Gasteiger partial charge in [0.2, 0.25) is 0 Å². The average Bonchev–Trinajstić information content (AvgIpc) is 4.01. The number of hydrogen-bond acceptors (Lipinski definition) is 0. The van der Waals surface area contributed by atoms with Gasteiger partial charge in [-0.05, 0) is 128 Å². The van der Waals surface area contributed by atoms with Crippen LogP contribution in [-0.4, -0.2) is 4.40 Å². The minimum absolute atomic E-state index is 0.0265. The van der Waals surface area contributed by atoms with Crippen molar-refractivity contribution in [2.24, 2.45) is 5.92 Å². The lowest BCUT2D eigenvalue weighted by molar-refractivity contribution is -0.750. The van der Waals surface area contributed by atoms with E-state index in [1.54, 1.807) is 22.3 Å². The Morgan fingerprint density at radius 2 is 1.46 bits per heavy atom. The number of nitrogens with zero attached hydrogens (tertiary/aromatic N) is 2. The van der Waals surface area contributed by atoms with Crippen LogP contribution in [0.25, 0.3) is 38.6 Å². The van der Waals surface area contributed by atoms with E-state index in [-0.39, 0.29) is 11.0 Å². The number of pyridine rings is 1. The highest BCUT2D eigenvalue weighted by Gasteiger charge is 2.54. The average molecular weight is 612 g/mol. The lowest BCUT2D eigenvalue weighted by Crippen LogP contribution is -2.65. The summed E-state index contributed by atoms with van der Waals surface area (Å²) < 4.78 is 5.51. The van der Waals surface area contributed by atoms with Gasteiger partial charge in [-0.25, -0.2) is 4.57 Å². The Morgan fingerprint density at radius 3 is 2.02 bits per heavy atom. The molecule has 2 fully saturated rings. The summed E-state index contributed by atoms with van der Waals surface area (Å²) in [5.41, 5.74) is 15.0. The van der Waals surface area contributed by atoms with Gasteiger partial charge in [0.05, 0.1) is 5.39 Å². The standard InChI is InChI=1S/C44H55N2/c1-10-29(11-2)28(7)32-23-34(30-17-18-30)40(35(24-32)31-19-20-31)39-25-45-42-41-33(36-21-26(5)27(6)22-38(36)46(39)42)15-14-16-37(41)43(8,12-3)44(45,9)13-4/h14-16,21-25,28-31H,10-13,17-20H2,1-9H3/q+1. The van der Waals surface area contributed by atoms with E-state index in [9.17, 15) is 0 Å². The molecule has 0 bridgehead atoms. The molecule has 3 heterocycles. The second-order valence-corrected chi connectivity index (χ2v) is 16.0. The van der Waals surface area contributed by atoms with Gasteiger partial charge in [-0.3, -0.25) is 0 Å². The van der Waals surface area contributed by atoms with E-state index in [0.29, 0.717) is 17.8 Å². The van der Waals surface area contributed by atoms with Crippen molar-refractivity contribution < 1.29 is 4.57 Å². The van der Waals surface area contributed by atoms with Crippen LogP contribution in [0.3, 0.4) is 0 Å². The second kappa shape index (κ2) is 10.4. The smallest absolute Gasteiger partial charge is 0.223 e. The molecule has 5 aromatic rings. The quantitative estimate of drug-likeness (QED) is 0.116. The molecule has 0 radical (unpaired) electrons. The number of aryl methyl sites for hydroxylation is 2. The minimum Gasteiger partial charge on any atom is -0.223 e. The molecule has 2 heteroatoms. The molecule has 2 aliphatic carbocycles. The molecule has 3 unspecified atom stereocenters. The van der Waals surface area contributed by atoms with Crippen LogP contribution in [0, 0.1) is 19.8 Å². The van der Waals surface area contributed by atoms with Crippen molar-refractivity contribution in [1.82, 2.24) is 4.40 Å². The molecule has 0 saturated heterocycles. The van der Waals surface area contributed by atoms with Crippen LogP contribution >= 0.6 is 0 Å². The van der Waals surface area contributed by atoms with Crippen molar-refractivity contribution in [3.63, 3.8) is 0 Å². The molecule has 46 heavy (non-hydrogen) atoms. The summed E-state index contributed by atoms with van der Waals surface area (Å²) in [7, 11) is 0. The van der Waals surface area contributed by atoms with Crippen LogP contribution in [0.5, 0.6) is 0 Å². The molecule has 3 atom stereocenters. The molecular formula is C44H55N2+. The Balaban J connectivity index is 1.56. The topological polar surface area (TPSA) is 8.29 Å². The fourth-order valence-electron chi connectivity index (χ4n) is 9.83. The minimum atomic E-state index is -0.0383. The van der Waals surface area contributed by atoms with Crippen LogP contribution in [0.1, 0.15) is 151 Å². The first kappa shape index (κ1) is 30.2. The highest BCUT2D eigenvalue weighted by molar-refractivity contribution is 6.14. The largest absolute Gasteiger partial charge is 0.296 e. The molecule has 8 rings (SSSR count). The summed E-state index contributed by atoms with van der Waals surface area (Å²) in [5, 5.41) is 4.29. The van der Waals surface area contributed by atoms with Gasteiger partial charge in [-0.1, -0.05) is 84.7 Å². The molecule has 0 spiro atoms. The van der Waals surface area contributed by atoms with Gasteiger partial charge in [0.15, 0.2) is 5.69 Å². The van der Waals surface area contributed by atoms with Crippen molar-refractivity contribution in [2.75, 3.05) is 0 Å². The number of hydrogen-bond donors (Lipinski definition) is 0. The number of rotatable bonds is 9. The van der Waals surface area contributed by atoms with Crippen LogP contribution in [-0.2, 0) is 11.0 Å². The molecular weight excluding hydrogens is 556 g/mol. The molecule has 3 aromatic carbocycles. The lowest BCUT2D eigenvalue weighted by Gasteiger charge is -2.46. The Bertz CT molecular complexity index is 2000. The molecule has 0 amide bonds. The van der Waals surface area contributed by atoms with E-state index in [4.69, 9.17) is 0 Å². The second-order valence-electron chi connectivity index (χ2n) is 16.0. The molecule has 2 aromatic heterocycles. The Kier molecular flexibility index (Phi) is 6.85. The fraction of sp³-hybridized carbons (Fsp3) is 0.523. The first-order chi connectivity index (χ1) is 22.1. The first-order valence-electron chi connectivity index (χ1n) is 18.7. The summed E-state index contributed by atoms with van der Waals surface area (Å²) >= 11 is 0. The van der Waals surface area contributed by atoms with Gasteiger partial charge in [0, 0.05) is 21.8 Å². The normalized spacial score (nSPS) is 23.4. The lowest BCUT2D eigenvalue weighted by atomic mass is 9.62.